The first kappa shape index (κ1) is 17.5. The molecule has 0 aliphatic carbocycles. The molecule has 9 nitrogen and oxygen atoms in total. The summed E-state index contributed by atoms with van der Waals surface area (Å²) in [4.78, 5) is 32.8. The maximum atomic E-state index is 11.5. The van der Waals surface area contributed by atoms with Gasteiger partial charge in [-0.15, -0.1) is 0 Å². The van der Waals surface area contributed by atoms with Gasteiger partial charge in [0.25, 0.3) is 5.69 Å². The summed E-state index contributed by atoms with van der Waals surface area (Å²) in [5.41, 5.74) is 10.7. The van der Waals surface area contributed by atoms with Crippen LogP contribution in [0.4, 0.5) is 10.5 Å². The van der Waals surface area contributed by atoms with Crippen LogP contribution in [0, 0.1) is 10.1 Å². The molecule has 22 heavy (non-hydrogen) atoms. The van der Waals surface area contributed by atoms with E-state index in [0.29, 0.717) is 25.8 Å². The van der Waals surface area contributed by atoms with Gasteiger partial charge >= 0.3 is 12.1 Å². The van der Waals surface area contributed by atoms with Crippen molar-refractivity contribution in [3.05, 3.63) is 34.4 Å². The van der Waals surface area contributed by atoms with E-state index in [1.54, 1.807) is 0 Å². The fourth-order valence-corrected chi connectivity index (χ4v) is 1.54. The molecule has 120 valence electrons. The highest BCUT2D eigenvalue weighted by Crippen LogP contribution is 2.17. The van der Waals surface area contributed by atoms with Crippen LogP contribution in [0.25, 0.3) is 0 Å². The number of esters is 1. The van der Waals surface area contributed by atoms with Gasteiger partial charge in [0, 0.05) is 12.1 Å². The van der Waals surface area contributed by atoms with Crippen LogP contribution in [-0.2, 0) is 9.53 Å². The van der Waals surface area contributed by atoms with Crippen LogP contribution in [0.1, 0.15) is 19.3 Å². The molecule has 0 saturated heterocycles. The lowest BCUT2D eigenvalue weighted by molar-refractivity contribution is -0.384. The van der Waals surface area contributed by atoms with Crippen molar-refractivity contribution in [3.63, 3.8) is 0 Å². The van der Waals surface area contributed by atoms with E-state index in [9.17, 15) is 19.7 Å². The Bertz CT molecular complexity index is 531. The SMILES string of the molecule is NCCCCC(N)C(=O)OC(=O)Oc1ccc([N+](=O)[O-])cc1. The summed E-state index contributed by atoms with van der Waals surface area (Å²) in [5.74, 6) is -0.885. The van der Waals surface area contributed by atoms with Crippen molar-refractivity contribution < 1.29 is 24.0 Å². The third-order valence-electron chi connectivity index (χ3n) is 2.70. The molecule has 0 aromatic heterocycles. The summed E-state index contributed by atoms with van der Waals surface area (Å²) in [7, 11) is 0. The van der Waals surface area contributed by atoms with E-state index in [2.05, 4.69) is 4.74 Å². The minimum atomic E-state index is -1.24. The van der Waals surface area contributed by atoms with Crippen molar-refractivity contribution in [2.45, 2.75) is 25.3 Å². The summed E-state index contributed by atoms with van der Waals surface area (Å²) in [6, 6.07) is 3.80. The van der Waals surface area contributed by atoms with E-state index in [-0.39, 0.29) is 11.4 Å². The molecule has 1 rings (SSSR count). The molecule has 0 aliphatic rings. The Balaban J connectivity index is 2.44. The van der Waals surface area contributed by atoms with Crippen molar-refractivity contribution in [1.82, 2.24) is 0 Å². The molecule has 1 atom stereocenters. The molecule has 0 spiro atoms. The van der Waals surface area contributed by atoms with Crippen molar-refractivity contribution in [1.29, 1.82) is 0 Å². The number of nitro groups is 1. The van der Waals surface area contributed by atoms with Crippen LogP contribution in [-0.4, -0.2) is 29.6 Å². The summed E-state index contributed by atoms with van der Waals surface area (Å²) in [6.07, 6.45) is 0.465. The second-order valence-electron chi connectivity index (χ2n) is 4.42. The van der Waals surface area contributed by atoms with Crippen LogP contribution in [0.15, 0.2) is 24.3 Å². The Hall–Kier alpha value is -2.52. The minimum Gasteiger partial charge on any atom is -0.395 e. The van der Waals surface area contributed by atoms with Gasteiger partial charge in [0.1, 0.15) is 11.8 Å². The smallest absolute Gasteiger partial charge is 0.395 e. The summed E-state index contributed by atoms with van der Waals surface area (Å²) >= 11 is 0. The summed E-state index contributed by atoms with van der Waals surface area (Å²) in [5, 5.41) is 10.5. The van der Waals surface area contributed by atoms with Crippen LogP contribution in [0.5, 0.6) is 5.75 Å². The van der Waals surface area contributed by atoms with E-state index in [0.717, 1.165) is 12.1 Å². The predicted molar refractivity (Wildman–Crippen MR) is 76.1 cm³/mol. The molecule has 4 N–H and O–H groups in total. The largest absolute Gasteiger partial charge is 0.521 e. The van der Waals surface area contributed by atoms with E-state index in [1.807, 2.05) is 0 Å². The van der Waals surface area contributed by atoms with Crippen LogP contribution >= 0.6 is 0 Å². The van der Waals surface area contributed by atoms with E-state index in [1.165, 1.54) is 12.1 Å². The molecule has 0 bridgehead atoms. The second-order valence-corrected chi connectivity index (χ2v) is 4.42. The number of carbonyl (C=O) groups is 2. The van der Waals surface area contributed by atoms with Gasteiger partial charge < -0.3 is 20.9 Å². The lowest BCUT2D eigenvalue weighted by atomic mass is 10.1. The quantitative estimate of drug-likeness (QED) is 0.190. The number of carbonyl (C=O) groups excluding carboxylic acids is 2. The average molecular weight is 311 g/mol. The molecule has 9 heteroatoms. The standard InChI is InChI=1S/C13H17N3O6/c14-8-2-1-3-11(15)12(17)22-13(18)21-10-6-4-9(5-7-10)16(19)20/h4-7,11H,1-3,8,14-15H2. The van der Waals surface area contributed by atoms with Gasteiger partial charge in [-0.1, -0.05) is 6.42 Å². The molecular formula is C13H17N3O6. The number of unbranched alkanes of at least 4 members (excludes halogenated alkanes) is 1. The maximum absolute atomic E-state index is 11.5. The zero-order valence-electron chi connectivity index (χ0n) is 11.8. The number of hydrogen-bond donors (Lipinski definition) is 2. The molecule has 0 amide bonds. The van der Waals surface area contributed by atoms with Crippen LogP contribution in [0.3, 0.4) is 0 Å². The molecule has 1 aromatic carbocycles. The molecule has 0 heterocycles. The topological polar surface area (TPSA) is 148 Å². The Morgan fingerprint density at radius 3 is 2.41 bits per heavy atom. The van der Waals surface area contributed by atoms with Gasteiger partial charge in [-0.2, -0.15) is 0 Å². The number of hydrogen-bond acceptors (Lipinski definition) is 8. The first-order chi connectivity index (χ1) is 10.4. The lowest BCUT2D eigenvalue weighted by Gasteiger charge is -2.09. The van der Waals surface area contributed by atoms with E-state index >= 15 is 0 Å². The first-order valence-electron chi connectivity index (χ1n) is 6.57. The number of rotatable bonds is 7. The number of nitrogens with two attached hydrogens (primary N) is 2. The number of benzene rings is 1. The molecule has 1 aromatic rings. The van der Waals surface area contributed by atoms with Gasteiger partial charge in [0.2, 0.25) is 0 Å². The third-order valence-corrected chi connectivity index (χ3v) is 2.70. The molecule has 0 fully saturated rings. The zero-order chi connectivity index (χ0) is 16.5. The zero-order valence-corrected chi connectivity index (χ0v) is 11.8. The van der Waals surface area contributed by atoms with Crippen molar-refractivity contribution >= 4 is 17.8 Å². The Kier molecular flexibility index (Phi) is 6.93. The number of ether oxygens (including phenoxy) is 2. The molecule has 0 aliphatic heterocycles. The molecule has 1 unspecified atom stereocenters. The summed E-state index contributed by atoms with van der Waals surface area (Å²) < 4.78 is 9.15. The van der Waals surface area contributed by atoms with Gasteiger partial charge in [0.15, 0.2) is 0 Å². The van der Waals surface area contributed by atoms with Crippen molar-refractivity contribution in [2.75, 3.05) is 6.54 Å². The molecule has 0 radical (unpaired) electrons. The fraction of sp³-hybridized carbons (Fsp3) is 0.385. The third kappa shape index (κ3) is 5.85. The Morgan fingerprint density at radius 2 is 1.86 bits per heavy atom. The maximum Gasteiger partial charge on any atom is 0.521 e. The fourth-order valence-electron chi connectivity index (χ4n) is 1.54. The van der Waals surface area contributed by atoms with E-state index < -0.39 is 23.1 Å². The summed E-state index contributed by atoms with van der Waals surface area (Å²) in [6.45, 7) is 0.490. The average Bonchev–Trinajstić information content (AvgIpc) is 2.47. The molecule has 0 saturated carbocycles. The predicted octanol–water partition coefficient (Wildman–Crippen LogP) is 1.09. The highest BCUT2D eigenvalue weighted by molar-refractivity contribution is 5.86. The Morgan fingerprint density at radius 1 is 1.23 bits per heavy atom. The number of nitro benzene ring substituents is 1. The lowest BCUT2D eigenvalue weighted by Crippen LogP contribution is -2.34. The number of non-ortho nitro benzene ring substituents is 1. The monoisotopic (exact) mass is 311 g/mol. The normalized spacial score (nSPS) is 11.5. The highest BCUT2D eigenvalue weighted by Gasteiger charge is 2.20. The van der Waals surface area contributed by atoms with Crippen LogP contribution in [0.2, 0.25) is 0 Å². The van der Waals surface area contributed by atoms with Crippen molar-refractivity contribution in [3.8, 4) is 5.75 Å². The molecular weight excluding hydrogens is 294 g/mol. The number of nitrogens with zero attached hydrogens (tertiary/aromatic N) is 1. The van der Waals surface area contributed by atoms with Gasteiger partial charge in [-0.25, -0.2) is 9.59 Å². The minimum absolute atomic E-state index is 0.0140. The highest BCUT2D eigenvalue weighted by atomic mass is 16.7. The Labute approximate surface area is 126 Å². The van der Waals surface area contributed by atoms with Gasteiger partial charge in [-0.05, 0) is 31.5 Å². The van der Waals surface area contributed by atoms with Crippen LogP contribution < -0.4 is 16.2 Å². The van der Waals surface area contributed by atoms with E-state index in [4.69, 9.17) is 16.2 Å². The second kappa shape index (κ2) is 8.70. The van der Waals surface area contributed by atoms with Gasteiger partial charge in [-0.3, -0.25) is 10.1 Å². The first-order valence-corrected chi connectivity index (χ1v) is 6.57. The van der Waals surface area contributed by atoms with Crippen molar-refractivity contribution in [2.24, 2.45) is 11.5 Å². The van der Waals surface area contributed by atoms with Gasteiger partial charge in [0.05, 0.1) is 4.92 Å².